The van der Waals surface area contributed by atoms with Crippen molar-refractivity contribution in [2.45, 2.75) is 13.0 Å². The maximum absolute atomic E-state index is 10.8. The summed E-state index contributed by atoms with van der Waals surface area (Å²) < 4.78 is 5.86. The molecule has 0 aliphatic carbocycles. The molecular weight excluding hydrogens is 286 g/mol. The average molecular weight is 302 g/mol. The van der Waals surface area contributed by atoms with E-state index in [2.05, 4.69) is 15.9 Å². The van der Waals surface area contributed by atoms with Crippen molar-refractivity contribution in [3.05, 3.63) is 28.2 Å². The predicted octanol–water partition coefficient (Wildman–Crippen LogP) is 2.62. The van der Waals surface area contributed by atoms with Crippen LogP contribution in [-0.4, -0.2) is 37.9 Å². The van der Waals surface area contributed by atoms with Crippen LogP contribution in [0.2, 0.25) is 0 Å². The lowest BCUT2D eigenvalue weighted by molar-refractivity contribution is 0.0697. The lowest BCUT2D eigenvalue weighted by Gasteiger charge is -2.27. The van der Waals surface area contributed by atoms with E-state index in [4.69, 9.17) is 9.84 Å². The van der Waals surface area contributed by atoms with Crippen LogP contribution in [0.5, 0.6) is 0 Å². The third-order valence-corrected chi connectivity index (χ3v) is 3.28. The van der Waals surface area contributed by atoms with Crippen molar-refractivity contribution >= 4 is 27.6 Å². The van der Waals surface area contributed by atoms with E-state index in [0.717, 1.165) is 10.2 Å². The molecule has 1 atom stereocenters. The zero-order valence-electron chi connectivity index (χ0n) is 10.1. The number of likely N-dealkylation sites (N-methyl/N-ethyl adjacent to an activating group) is 1. The van der Waals surface area contributed by atoms with Crippen molar-refractivity contribution in [3.8, 4) is 0 Å². The maximum Gasteiger partial charge on any atom is 0.335 e. The molecule has 0 aliphatic rings. The summed E-state index contributed by atoms with van der Waals surface area (Å²) in [6, 6.07) is 5.21. The monoisotopic (exact) mass is 301 g/mol. The van der Waals surface area contributed by atoms with Gasteiger partial charge in [-0.1, -0.05) is 0 Å². The molecule has 0 saturated heterocycles. The van der Waals surface area contributed by atoms with Gasteiger partial charge in [0.25, 0.3) is 0 Å². The summed E-state index contributed by atoms with van der Waals surface area (Å²) in [6.45, 7) is 2.66. The number of hydrogen-bond acceptors (Lipinski definition) is 3. The van der Waals surface area contributed by atoms with E-state index < -0.39 is 5.97 Å². The van der Waals surface area contributed by atoms with Gasteiger partial charge < -0.3 is 14.7 Å². The highest BCUT2D eigenvalue weighted by atomic mass is 79.9. The van der Waals surface area contributed by atoms with Crippen LogP contribution < -0.4 is 4.90 Å². The Labute approximate surface area is 109 Å². The Morgan fingerprint density at radius 3 is 2.71 bits per heavy atom. The van der Waals surface area contributed by atoms with Gasteiger partial charge in [-0.3, -0.25) is 0 Å². The molecule has 0 aliphatic heterocycles. The highest BCUT2D eigenvalue weighted by Crippen LogP contribution is 2.27. The summed E-state index contributed by atoms with van der Waals surface area (Å²) in [4.78, 5) is 12.9. The summed E-state index contributed by atoms with van der Waals surface area (Å²) in [5.74, 6) is -0.926. The second-order valence-corrected chi connectivity index (χ2v) is 4.74. The van der Waals surface area contributed by atoms with Crippen molar-refractivity contribution in [1.29, 1.82) is 0 Å². The van der Waals surface area contributed by atoms with Crippen LogP contribution in [0.3, 0.4) is 0 Å². The Morgan fingerprint density at radius 2 is 2.24 bits per heavy atom. The number of benzene rings is 1. The fourth-order valence-electron chi connectivity index (χ4n) is 1.52. The van der Waals surface area contributed by atoms with E-state index >= 15 is 0 Å². The van der Waals surface area contributed by atoms with E-state index in [-0.39, 0.29) is 11.6 Å². The Bertz CT molecular complexity index is 409. The number of hydrogen-bond donors (Lipinski definition) is 1. The summed E-state index contributed by atoms with van der Waals surface area (Å²) in [5, 5.41) is 8.88. The Kier molecular flexibility index (Phi) is 4.96. The molecule has 0 aromatic heterocycles. The zero-order valence-corrected chi connectivity index (χ0v) is 11.7. The minimum absolute atomic E-state index is 0.215. The number of carboxylic acids is 1. The average Bonchev–Trinajstić information content (AvgIpc) is 2.28. The molecule has 0 radical (unpaired) electrons. The topological polar surface area (TPSA) is 49.8 Å². The zero-order chi connectivity index (χ0) is 13.0. The van der Waals surface area contributed by atoms with Crippen LogP contribution in [-0.2, 0) is 4.74 Å². The third-order valence-electron chi connectivity index (χ3n) is 2.64. The number of methoxy groups -OCH3 is 1. The number of nitrogens with zero attached hydrogens (tertiary/aromatic N) is 1. The van der Waals surface area contributed by atoms with E-state index in [1.54, 1.807) is 25.3 Å². The first-order valence-electron chi connectivity index (χ1n) is 5.22. The van der Waals surface area contributed by atoms with Gasteiger partial charge in [0.2, 0.25) is 0 Å². The SMILES string of the molecule is COCC(C)N(C)c1ccc(C(=O)O)cc1Br. The molecule has 1 rings (SSSR count). The number of anilines is 1. The number of ether oxygens (including phenoxy) is 1. The Morgan fingerprint density at radius 1 is 1.59 bits per heavy atom. The van der Waals surface area contributed by atoms with E-state index in [1.165, 1.54) is 0 Å². The van der Waals surface area contributed by atoms with Gasteiger partial charge in [0.05, 0.1) is 17.9 Å². The molecule has 0 amide bonds. The number of carboxylic acid groups (broad SMARTS) is 1. The molecule has 0 spiro atoms. The second kappa shape index (κ2) is 6.02. The first kappa shape index (κ1) is 14.0. The van der Waals surface area contributed by atoms with Crippen molar-refractivity contribution in [3.63, 3.8) is 0 Å². The van der Waals surface area contributed by atoms with Crippen LogP contribution in [0.25, 0.3) is 0 Å². The molecule has 5 heteroatoms. The molecule has 1 N–H and O–H groups in total. The summed E-state index contributed by atoms with van der Waals surface area (Å²) in [6.07, 6.45) is 0. The number of carbonyl (C=O) groups is 1. The van der Waals surface area contributed by atoms with E-state index in [1.807, 2.05) is 18.9 Å². The van der Waals surface area contributed by atoms with Gasteiger partial charge in [-0.05, 0) is 41.1 Å². The first-order chi connectivity index (χ1) is 7.97. The third kappa shape index (κ3) is 3.44. The molecule has 0 fully saturated rings. The van der Waals surface area contributed by atoms with Gasteiger partial charge in [-0.15, -0.1) is 0 Å². The largest absolute Gasteiger partial charge is 0.478 e. The highest BCUT2D eigenvalue weighted by Gasteiger charge is 2.14. The van der Waals surface area contributed by atoms with Crippen LogP contribution in [0.4, 0.5) is 5.69 Å². The van der Waals surface area contributed by atoms with Gasteiger partial charge in [0, 0.05) is 24.7 Å². The van der Waals surface area contributed by atoms with Gasteiger partial charge >= 0.3 is 5.97 Å². The molecule has 0 heterocycles. The molecule has 17 heavy (non-hydrogen) atoms. The quantitative estimate of drug-likeness (QED) is 0.908. The van der Waals surface area contributed by atoms with Gasteiger partial charge in [0.1, 0.15) is 0 Å². The summed E-state index contributed by atoms with van der Waals surface area (Å²) in [7, 11) is 3.61. The van der Waals surface area contributed by atoms with Crippen molar-refractivity contribution < 1.29 is 14.6 Å². The Hall–Kier alpha value is -1.07. The van der Waals surface area contributed by atoms with Gasteiger partial charge in [-0.2, -0.15) is 0 Å². The molecule has 94 valence electrons. The molecule has 0 saturated carbocycles. The maximum atomic E-state index is 10.8. The smallest absolute Gasteiger partial charge is 0.335 e. The molecular formula is C12H16BrNO3. The van der Waals surface area contributed by atoms with Crippen LogP contribution in [0.1, 0.15) is 17.3 Å². The minimum atomic E-state index is -0.926. The molecule has 1 aromatic rings. The second-order valence-electron chi connectivity index (χ2n) is 3.89. The fourth-order valence-corrected chi connectivity index (χ4v) is 2.17. The van der Waals surface area contributed by atoms with Crippen molar-refractivity contribution in [1.82, 2.24) is 0 Å². The number of aromatic carboxylic acids is 1. The Balaban J connectivity index is 2.95. The number of halogens is 1. The lowest BCUT2D eigenvalue weighted by Crippen LogP contribution is -2.32. The normalized spacial score (nSPS) is 12.2. The summed E-state index contributed by atoms with van der Waals surface area (Å²) >= 11 is 3.39. The van der Waals surface area contributed by atoms with Gasteiger partial charge in [0.15, 0.2) is 0 Å². The predicted molar refractivity (Wildman–Crippen MR) is 70.8 cm³/mol. The lowest BCUT2D eigenvalue weighted by atomic mass is 10.2. The standard InChI is InChI=1S/C12H16BrNO3/c1-8(7-17-3)14(2)11-5-4-9(12(15)16)6-10(11)13/h4-6,8H,7H2,1-3H3,(H,15,16). The highest BCUT2D eigenvalue weighted by molar-refractivity contribution is 9.10. The first-order valence-corrected chi connectivity index (χ1v) is 6.01. The molecule has 1 aromatic carbocycles. The molecule has 4 nitrogen and oxygen atoms in total. The van der Waals surface area contributed by atoms with E-state index in [9.17, 15) is 4.79 Å². The minimum Gasteiger partial charge on any atom is -0.478 e. The van der Waals surface area contributed by atoms with Gasteiger partial charge in [-0.25, -0.2) is 4.79 Å². The van der Waals surface area contributed by atoms with Crippen LogP contribution >= 0.6 is 15.9 Å². The van der Waals surface area contributed by atoms with Crippen molar-refractivity contribution in [2.75, 3.05) is 25.7 Å². The van der Waals surface area contributed by atoms with E-state index in [0.29, 0.717) is 6.61 Å². The number of rotatable bonds is 5. The molecule has 0 bridgehead atoms. The molecule has 1 unspecified atom stereocenters. The van der Waals surface area contributed by atoms with Crippen molar-refractivity contribution in [2.24, 2.45) is 0 Å². The summed E-state index contributed by atoms with van der Waals surface area (Å²) in [5.41, 5.74) is 1.22. The van der Waals surface area contributed by atoms with Crippen LogP contribution in [0, 0.1) is 0 Å². The fraction of sp³-hybridized carbons (Fsp3) is 0.417. The van der Waals surface area contributed by atoms with Crippen LogP contribution in [0.15, 0.2) is 22.7 Å².